The average Bonchev–Trinajstić information content (AvgIpc) is 2.78. The number of aliphatic carboxylic acids is 1. The summed E-state index contributed by atoms with van der Waals surface area (Å²) in [7, 11) is 0. The lowest BCUT2D eigenvalue weighted by Crippen LogP contribution is -2.57. The van der Waals surface area contributed by atoms with Gasteiger partial charge in [-0.05, 0) is 12.0 Å². The van der Waals surface area contributed by atoms with Gasteiger partial charge in [-0.3, -0.25) is 4.79 Å². The van der Waals surface area contributed by atoms with Gasteiger partial charge in [-0.1, -0.05) is 30.3 Å². The van der Waals surface area contributed by atoms with E-state index in [4.69, 9.17) is 4.74 Å². The van der Waals surface area contributed by atoms with E-state index in [0.29, 0.717) is 0 Å². The van der Waals surface area contributed by atoms with Crippen molar-refractivity contribution in [2.45, 2.75) is 19.2 Å². The minimum absolute atomic E-state index is 0.0103. The Labute approximate surface area is 136 Å². The van der Waals surface area contributed by atoms with E-state index >= 15 is 0 Å². The molecule has 1 amide bonds. The van der Waals surface area contributed by atoms with Crippen molar-refractivity contribution in [3.05, 3.63) is 35.9 Å². The second kappa shape index (κ2) is 5.68. The summed E-state index contributed by atoms with van der Waals surface area (Å²) in [6, 6.07) is 8.84. The molecule has 2 aliphatic rings. The van der Waals surface area contributed by atoms with Crippen LogP contribution in [-0.2, 0) is 16.1 Å². The van der Waals surface area contributed by atoms with Crippen molar-refractivity contribution >= 4 is 12.1 Å². The van der Waals surface area contributed by atoms with Gasteiger partial charge >= 0.3 is 18.2 Å². The van der Waals surface area contributed by atoms with Crippen molar-refractivity contribution in [1.29, 1.82) is 0 Å². The van der Waals surface area contributed by atoms with E-state index in [1.165, 1.54) is 0 Å². The van der Waals surface area contributed by atoms with Crippen LogP contribution in [-0.4, -0.2) is 41.3 Å². The van der Waals surface area contributed by atoms with Crippen LogP contribution in [0, 0.1) is 17.3 Å². The maximum Gasteiger partial charge on any atom is 0.410 e. The topological polar surface area (TPSA) is 66.8 Å². The third-order valence-corrected chi connectivity index (χ3v) is 4.98. The zero-order valence-corrected chi connectivity index (χ0v) is 12.6. The Kier molecular flexibility index (Phi) is 3.93. The van der Waals surface area contributed by atoms with Gasteiger partial charge in [0.2, 0.25) is 0 Å². The number of carbonyl (C=O) groups is 2. The number of carbonyl (C=O) groups excluding carboxylic acids is 1. The number of carboxylic acids is 1. The number of amides is 1. The van der Waals surface area contributed by atoms with Crippen LogP contribution in [0.15, 0.2) is 30.3 Å². The van der Waals surface area contributed by atoms with Crippen LogP contribution in [0.25, 0.3) is 0 Å². The molecule has 2 fully saturated rings. The van der Waals surface area contributed by atoms with Gasteiger partial charge in [0.15, 0.2) is 0 Å². The minimum Gasteiger partial charge on any atom is -0.481 e. The third-order valence-electron chi connectivity index (χ3n) is 4.98. The first-order chi connectivity index (χ1) is 11.2. The molecule has 3 rings (SSSR count). The highest BCUT2D eigenvalue weighted by Gasteiger charge is 2.70. The molecule has 1 aliphatic heterocycles. The molecule has 1 heterocycles. The summed E-state index contributed by atoms with van der Waals surface area (Å²) < 4.78 is 43.9. The molecular weight excluding hydrogens is 327 g/mol. The Morgan fingerprint density at radius 1 is 1.29 bits per heavy atom. The van der Waals surface area contributed by atoms with Gasteiger partial charge in [-0.2, -0.15) is 13.2 Å². The van der Waals surface area contributed by atoms with E-state index in [9.17, 15) is 27.9 Å². The Bertz CT molecular complexity index is 648. The molecule has 0 spiro atoms. The minimum atomic E-state index is -4.45. The number of nitrogens with zero attached hydrogens (tertiary/aromatic N) is 1. The van der Waals surface area contributed by atoms with Gasteiger partial charge in [0, 0.05) is 19.0 Å². The molecule has 1 aromatic rings. The largest absolute Gasteiger partial charge is 0.481 e. The van der Waals surface area contributed by atoms with E-state index in [1.807, 2.05) is 0 Å². The number of alkyl halides is 3. The molecule has 1 N–H and O–H groups in total. The molecule has 0 bridgehead atoms. The number of fused-ring (bicyclic) bond motifs is 1. The highest BCUT2D eigenvalue weighted by Crippen LogP contribution is 2.60. The van der Waals surface area contributed by atoms with Crippen molar-refractivity contribution in [2.75, 3.05) is 13.1 Å². The van der Waals surface area contributed by atoms with Crippen LogP contribution in [0.5, 0.6) is 0 Å². The highest BCUT2D eigenvalue weighted by atomic mass is 19.4. The molecule has 0 radical (unpaired) electrons. The molecular formula is C16H16F3NO4. The van der Waals surface area contributed by atoms with Crippen LogP contribution in [0.2, 0.25) is 0 Å². The molecule has 8 heteroatoms. The van der Waals surface area contributed by atoms with E-state index in [2.05, 4.69) is 0 Å². The van der Waals surface area contributed by atoms with Crippen molar-refractivity contribution in [2.24, 2.45) is 17.3 Å². The van der Waals surface area contributed by atoms with E-state index in [-0.39, 0.29) is 19.7 Å². The maximum absolute atomic E-state index is 12.9. The van der Waals surface area contributed by atoms with E-state index in [1.54, 1.807) is 30.3 Å². The van der Waals surface area contributed by atoms with Crippen LogP contribution in [0.3, 0.4) is 0 Å². The molecule has 0 aromatic heterocycles. The summed E-state index contributed by atoms with van der Waals surface area (Å²) in [6.07, 6.45) is -5.72. The number of carboxylic acid groups (broad SMARTS) is 1. The predicted octanol–water partition coefficient (Wildman–Crippen LogP) is 2.91. The number of ether oxygens (including phenoxy) is 1. The van der Waals surface area contributed by atoms with Gasteiger partial charge in [0.1, 0.15) is 6.61 Å². The Hall–Kier alpha value is -2.25. The number of likely N-dealkylation sites (tertiary alicyclic amines) is 1. The summed E-state index contributed by atoms with van der Waals surface area (Å²) in [4.78, 5) is 24.6. The number of hydrogen-bond donors (Lipinski definition) is 1. The van der Waals surface area contributed by atoms with Crippen molar-refractivity contribution in [3.8, 4) is 0 Å². The fraction of sp³-hybridized carbons (Fsp3) is 0.500. The molecule has 1 saturated heterocycles. The predicted molar refractivity (Wildman–Crippen MR) is 75.9 cm³/mol. The van der Waals surface area contributed by atoms with Gasteiger partial charge in [0.25, 0.3) is 0 Å². The molecule has 24 heavy (non-hydrogen) atoms. The van der Waals surface area contributed by atoms with Crippen molar-refractivity contribution < 1.29 is 32.6 Å². The standard InChI is InChI=1S/C16H16F3NO4/c17-16(18,19)11-6-15(13(21)22)9-20(7-12(11)15)14(23)24-8-10-4-2-1-3-5-10/h1-5,11-12H,6-9H2,(H,21,22)/t11-,12+,15-/m0/s1. The first-order valence-corrected chi connectivity index (χ1v) is 7.50. The number of benzene rings is 1. The second-order valence-electron chi connectivity index (χ2n) is 6.34. The second-order valence-corrected chi connectivity index (χ2v) is 6.34. The van der Waals surface area contributed by atoms with E-state index in [0.717, 1.165) is 10.5 Å². The van der Waals surface area contributed by atoms with Gasteiger partial charge < -0.3 is 14.7 Å². The molecule has 1 aliphatic carbocycles. The lowest BCUT2D eigenvalue weighted by atomic mass is 9.55. The quantitative estimate of drug-likeness (QED) is 0.916. The summed E-state index contributed by atoms with van der Waals surface area (Å²) in [5, 5.41) is 9.34. The zero-order valence-electron chi connectivity index (χ0n) is 12.6. The summed E-state index contributed by atoms with van der Waals surface area (Å²) in [5.41, 5.74) is -0.763. The fourth-order valence-corrected chi connectivity index (χ4v) is 3.64. The number of halogens is 3. The SMILES string of the molecule is O=C(OCc1ccccc1)N1C[C@@H]2[C@@H](C(F)(F)F)C[C@]2(C(=O)O)C1. The summed E-state index contributed by atoms with van der Waals surface area (Å²) in [5.74, 6) is -4.08. The third kappa shape index (κ3) is 2.70. The zero-order chi connectivity index (χ0) is 17.5. The van der Waals surface area contributed by atoms with Gasteiger partial charge in [0.05, 0.1) is 11.3 Å². The molecule has 1 saturated carbocycles. The Morgan fingerprint density at radius 2 is 1.96 bits per heavy atom. The Morgan fingerprint density at radius 3 is 2.54 bits per heavy atom. The molecule has 5 nitrogen and oxygen atoms in total. The molecule has 130 valence electrons. The first kappa shape index (κ1) is 16.6. The van der Waals surface area contributed by atoms with Crippen molar-refractivity contribution in [3.63, 3.8) is 0 Å². The highest BCUT2D eigenvalue weighted by molar-refractivity contribution is 5.80. The normalized spacial score (nSPS) is 28.9. The lowest BCUT2D eigenvalue weighted by molar-refractivity contribution is -0.242. The number of rotatable bonds is 3. The first-order valence-electron chi connectivity index (χ1n) is 7.50. The van der Waals surface area contributed by atoms with Crippen molar-refractivity contribution in [1.82, 2.24) is 4.90 Å². The monoisotopic (exact) mass is 343 g/mol. The maximum atomic E-state index is 12.9. The molecule has 1 aromatic carbocycles. The lowest BCUT2D eigenvalue weighted by Gasteiger charge is -2.47. The van der Waals surface area contributed by atoms with E-state index < -0.39 is 41.9 Å². The van der Waals surface area contributed by atoms with Gasteiger partial charge in [-0.25, -0.2) is 4.79 Å². The smallest absolute Gasteiger partial charge is 0.410 e. The summed E-state index contributed by atoms with van der Waals surface area (Å²) >= 11 is 0. The van der Waals surface area contributed by atoms with Crippen LogP contribution in [0.4, 0.5) is 18.0 Å². The fourth-order valence-electron chi connectivity index (χ4n) is 3.64. The Balaban J connectivity index is 1.66. The van der Waals surface area contributed by atoms with Gasteiger partial charge in [-0.15, -0.1) is 0 Å². The molecule has 3 atom stereocenters. The number of hydrogen-bond acceptors (Lipinski definition) is 3. The van der Waals surface area contributed by atoms with Crippen LogP contribution in [0.1, 0.15) is 12.0 Å². The van der Waals surface area contributed by atoms with Crippen LogP contribution >= 0.6 is 0 Å². The van der Waals surface area contributed by atoms with Crippen LogP contribution < -0.4 is 0 Å². The average molecular weight is 343 g/mol. The summed E-state index contributed by atoms with van der Waals surface area (Å²) in [6.45, 7) is -0.499. The molecule has 0 unspecified atom stereocenters.